The first-order chi connectivity index (χ1) is 21.8. The maximum Gasteiger partial charge on any atom is 0.330 e. The van der Waals surface area contributed by atoms with Gasteiger partial charge in [0.2, 0.25) is 0 Å². The van der Waals surface area contributed by atoms with Gasteiger partial charge >= 0.3 is 5.97 Å². The summed E-state index contributed by atoms with van der Waals surface area (Å²) in [6, 6.07) is 21.9. The fourth-order valence-electron chi connectivity index (χ4n) is 6.61. The van der Waals surface area contributed by atoms with Crippen molar-refractivity contribution in [1.82, 2.24) is 0 Å². The lowest BCUT2D eigenvalue weighted by Crippen LogP contribution is -2.66. The predicted molar refractivity (Wildman–Crippen MR) is 197 cm³/mol. The van der Waals surface area contributed by atoms with Gasteiger partial charge in [0.15, 0.2) is 0 Å². The van der Waals surface area contributed by atoms with E-state index in [2.05, 4.69) is 88.4 Å². The molecule has 2 rings (SSSR count). The highest BCUT2D eigenvalue weighted by Gasteiger charge is 2.49. The van der Waals surface area contributed by atoms with Crippen LogP contribution in [0.2, 0.25) is 5.04 Å². The lowest BCUT2D eigenvalue weighted by atomic mass is 9.99. The third kappa shape index (κ3) is 14.9. The first-order valence-corrected chi connectivity index (χ1v) is 20.4. The molecule has 0 aromatic heterocycles. The Hall–Kier alpha value is -2.17. The van der Waals surface area contributed by atoms with Crippen LogP contribution in [0.25, 0.3) is 0 Å². The molecule has 45 heavy (non-hydrogen) atoms. The number of hydrogen-bond donors (Lipinski definition) is 0. The number of benzene rings is 2. The van der Waals surface area contributed by atoms with Crippen molar-refractivity contribution in [3.8, 4) is 0 Å². The van der Waals surface area contributed by atoms with E-state index in [-0.39, 0.29) is 11.0 Å². The first-order valence-electron chi connectivity index (χ1n) is 18.5. The largest absolute Gasteiger partial charge is 0.463 e. The van der Waals surface area contributed by atoms with Crippen molar-refractivity contribution >= 4 is 24.7 Å². The van der Waals surface area contributed by atoms with Crippen molar-refractivity contribution in [2.24, 2.45) is 0 Å². The average molecular weight is 635 g/mol. The van der Waals surface area contributed by atoms with Crippen LogP contribution >= 0.6 is 0 Å². The number of allylic oxidation sites excluding steroid dienone is 1. The second-order valence-electron chi connectivity index (χ2n) is 13.9. The third-order valence-corrected chi connectivity index (χ3v) is 14.1. The summed E-state index contributed by atoms with van der Waals surface area (Å²) in [6.07, 6.45) is 24.3. The van der Waals surface area contributed by atoms with E-state index in [1.54, 1.807) is 6.08 Å². The Bertz CT molecular complexity index is 1000. The number of carbonyl (C=O) groups is 1. The molecule has 2 aromatic carbocycles. The summed E-state index contributed by atoms with van der Waals surface area (Å²) in [7, 11) is -2.41. The number of carbonyl (C=O) groups excluding carboxylic acids is 1. The van der Waals surface area contributed by atoms with Gasteiger partial charge in [-0.05, 0) is 54.4 Å². The van der Waals surface area contributed by atoms with Crippen LogP contribution < -0.4 is 10.4 Å². The van der Waals surface area contributed by atoms with E-state index >= 15 is 0 Å². The molecule has 0 N–H and O–H groups in total. The Balaban J connectivity index is 1.66. The molecule has 0 heterocycles. The highest BCUT2D eigenvalue weighted by Crippen LogP contribution is 2.36. The van der Waals surface area contributed by atoms with Gasteiger partial charge in [0.1, 0.15) is 0 Å². The van der Waals surface area contributed by atoms with Gasteiger partial charge in [-0.3, -0.25) is 0 Å². The topological polar surface area (TPSA) is 35.5 Å². The van der Waals surface area contributed by atoms with E-state index in [0.717, 1.165) is 25.9 Å². The number of ether oxygens (including phenoxy) is 1. The van der Waals surface area contributed by atoms with Crippen molar-refractivity contribution in [2.75, 3.05) is 13.2 Å². The zero-order chi connectivity index (χ0) is 32.6. The molecule has 252 valence electrons. The second-order valence-corrected chi connectivity index (χ2v) is 18.2. The molecule has 0 amide bonds. The van der Waals surface area contributed by atoms with Crippen LogP contribution in [0.1, 0.15) is 150 Å². The molecule has 2 aromatic rings. The fourth-order valence-corrected chi connectivity index (χ4v) is 11.2. The van der Waals surface area contributed by atoms with Crippen molar-refractivity contribution in [1.29, 1.82) is 0 Å². The summed E-state index contributed by atoms with van der Waals surface area (Å²) in [5.74, 6) is -0.160. The number of unbranched alkanes of at least 4 members (excludes halogenated alkanes) is 14. The summed E-state index contributed by atoms with van der Waals surface area (Å²) >= 11 is 0. The van der Waals surface area contributed by atoms with Gasteiger partial charge in [-0.25, -0.2) is 4.79 Å². The normalized spacial score (nSPS) is 12.4. The minimum Gasteiger partial charge on any atom is -0.463 e. The molecular weight excluding hydrogens is 569 g/mol. The molecule has 0 atom stereocenters. The Kier molecular flexibility index (Phi) is 20.1. The van der Waals surface area contributed by atoms with Crippen LogP contribution in [-0.2, 0) is 14.0 Å². The van der Waals surface area contributed by atoms with Gasteiger partial charge in [-0.15, -0.1) is 0 Å². The van der Waals surface area contributed by atoms with Gasteiger partial charge in [0.05, 0.1) is 6.61 Å². The zero-order valence-corrected chi connectivity index (χ0v) is 30.7. The maximum absolute atomic E-state index is 12.1. The van der Waals surface area contributed by atoms with E-state index in [4.69, 9.17) is 9.16 Å². The van der Waals surface area contributed by atoms with Crippen LogP contribution in [0.15, 0.2) is 72.3 Å². The minimum absolute atomic E-state index is 0.0406. The molecule has 3 nitrogen and oxygen atoms in total. The third-order valence-electron chi connectivity index (χ3n) is 9.09. The summed E-state index contributed by atoms with van der Waals surface area (Å²) in [6.45, 7) is 12.5. The lowest BCUT2D eigenvalue weighted by molar-refractivity contribution is -0.137. The minimum atomic E-state index is -2.41. The quantitative estimate of drug-likeness (QED) is 0.0472. The zero-order valence-electron chi connectivity index (χ0n) is 29.7. The lowest BCUT2D eigenvalue weighted by Gasteiger charge is -2.43. The van der Waals surface area contributed by atoms with Crippen molar-refractivity contribution < 1.29 is 14.0 Å². The van der Waals surface area contributed by atoms with Crippen LogP contribution in [-0.4, -0.2) is 27.5 Å². The molecule has 4 heteroatoms. The molecular formula is C41H66O3Si. The van der Waals surface area contributed by atoms with Crippen molar-refractivity contribution in [3.63, 3.8) is 0 Å². The average Bonchev–Trinajstić information content (AvgIpc) is 3.03. The van der Waals surface area contributed by atoms with Crippen LogP contribution in [0.5, 0.6) is 0 Å². The van der Waals surface area contributed by atoms with Gasteiger partial charge in [-0.1, -0.05) is 177 Å². The second kappa shape index (κ2) is 23.2. The molecule has 0 fully saturated rings. The van der Waals surface area contributed by atoms with Gasteiger partial charge in [0, 0.05) is 12.7 Å². The van der Waals surface area contributed by atoms with Gasteiger partial charge < -0.3 is 9.16 Å². The number of hydrogen-bond acceptors (Lipinski definition) is 3. The predicted octanol–water partition coefficient (Wildman–Crippen LogP) is 11.1. The highest BCUT2D eigenvalue weighted by molar-refractivity contribution is 6.99. The molecule has 0 aliphatic carbocycles. The van der Waals surface area contributed by atoms with E-state index in [1.807, 2.05) is 6.92 Å². The molecule has 0 saturated carbocycles. The molecule has 0 radical (unpaired) electrons. The molecule has 0 saturated heterocycles. The van der Waals surface area contributed by atoms with Crippen LogP contribution in [0.3, 0.4) is 0 Å². The first kappa shape index (κ1) is 39.0. The monoisotopic (exact) mass is 634 g/mol. The van der Waals surface area contributed by atoms with Gasteiger partial charge in [0.25, 0.3) is 8.32 Å². The van der Waals surface area contributed by atoms with Crippen molar-refractivity contribution in [2.45, 2.75) is 155 Å². The summed E-state index contributed by atoms with van der Waals surface area (Å²) < 4.78 is 12.3. The summed E-state index contributed by atoms with van der Waals surface area (Å²) in [5, 5.41) is 2.77. The summed E-state index contributed by atoms with van der Waals surface area (Å²) in [4.78, 5) is 12.1. The van der Waals surface area contributed by atoms with E-state index in [9.17, 15) is 4.79 Å². The SMILES string of the molecule is CCCCCCCCCC(=CC(=O)OCC)CCCCCCCCCCCO[Si](c1ccccc1)(c1ccccc1)C(C)(C)C. The summed E-state index contributed by atoms with van der Waals surface area (Å²) in [5.41, 5.74) is 1.29. The molecule has 0 bridgehead atoms. The smallest absolute Gasteiger partial charge is 0.330 e. The highest BCUT2D eigenvalue weighted by atomic mass is 28.4. The fraction of sp³-hybridized carbons (Fsp3) is 0.634. The van der Waals surface area contributed by atoms with E-state index in [1.165, 1.54) is 112 Å². The van der Waals surface area contributed by atoms with E-state index < -0.39 is 8.32 Å². The molecule has 0 spiro atoms. The van der Waals surface area contributed by atoms with Crippen molar-refractivity contribution in [3.05, 3.63) is 72.3 Å². The maximum atomic E-state index is 12.1. The van der Waals surface area contributed by atoms with Crippen LogP contribution in [0, 0.1) is 0 Å². The Morgan fingerprint density at radius 3 is 1.47 bits per heavy atom. The molecule has 0 aliphatic heterocycles. The number of esters is 1. The molecule has 0 aliphatic rings. The Morgan fingerprint density at radius 1 is 0.622 bits per heavy atom. The Labute approximate surface area is 278 Å². The standard InChI is InChI=1S/C41H66O3Si/c1-6-8-9-10-14-17-22-29-37(36-40(42)43-7-2)30-23-18-15-12-11-13-16-19-28-35-44-45(41(3,4)5,38-31-24-20-25-32-38)39-33-26-21-27-34-39/h20-21,24-27,31-34,36H,6-19,22-23,28-30,35H2,1-5H3. The van der Waals surface area contributed by atoms with Gasteiger partial charge in [-0.2, -0.15) is 0 Å². The number of rotatable bonds is 25. The van der Waals surface area contributed by atoms with Crippen LogP contribution in [0.4, 0.5) is 0 Å². The molecule has 0 unspecified atom stereocenters. The van der Waals surface area contributed by atoms with E-state index in [0.29, 0.717) is 6.61 Å². The Morgan fingerprint density at radius 2 is 1.04 bits per heavy atom.